The van der Waals surface area contributed by atoms with Gasteiger partial charge in [0, 0.05) is 12.6 Å². The number of H-pyrrole nitrogens is 1. The number of hydrogen-bond acceptors (Lipinski definition) is 5. The van der Waals surface area contributed by atoms with Crippen LogP contribution in [0.25, 0.3) is 0 Å². The molecule has 0 amide bonds. The van der Waals surface area contributed by atoms with Gasteiger partial charge in [0.1, 0.15) is 11.6 Å². The summed E-state index contributed by atoms with van der Waals surface area (Å²) in [6, 6.07) is 6.05. The van der Waals surface area contributed by atoms with Crippen molar-refractivity contribution in [2.75, 3.05) is 12.3 Å². The zero-order valence-corrected chi connectivity index (χ0v) is 11.8. The van der Waals surface area contributed by atoms with Gasteiger partial charge in [-0.25, -0.2) is 9.37 Å². The Kier molecular flexibility index (Phi) is 4.75. The Balaban J connectivity index is 2.34. The molecule has 2 aromatic rings. The molecule has 0 aliphatic heterocycles. The second kappa shape index (κ2) is 6.53. The number of rotatable bonds is 5. The molecule has 0 spiro atoms. The Labute approximate surface area is 119 Å². The minimum Gasteiger partial charge on any atom is -0.383 e. The molecule has 0 aliphatic carbocycles. The van der Waals surface area contributed by atoms with Crippen LogP contribution in [-0.2, 0) is 6.54 Å². The predicted molar refractivity (Wildman–Crippen MR) is 77.2 cm³/mol. The Bertz CT molecular complexity index is 659. The SMILES string of the molecule is CCNCc1cccc(F)c1Sc1nc(N)cc(=O)[nH]1. The lowest BCUT2D eigenvalue weighted by Crippen LogP contribution is -2.13. The smallest absolute Gasteiger partial charge is 0.253 e. The third-order valence-electron chi connectivity index (χ3n) is 2.55. The number of halogens is 1. The van der Waals surface area contributed by atoms with Crippen molar-refractivity contribution < 1.29 is 4.39 Å². The largest absolute Gasteiger partial charge is 0.383 e. The van der Waals surface area contributed by atoms with E-state index in [9.17, 15) is 9.18 Å². The summed E-state index contributed by atoms with van der Waals surface area (Å²) in [5.74, 6) is -0.240. The van der Waals surface area contributed by atoms with E-state index in [1.54, 1.807) is 6.07 Å². The molecule has 1 aromatic heterocycles. The van der Waals surface area contributed by atoms with Crippen LogP contribution >= 0.6 is 11.8 Å². The summed E-state index contributed by atoms with van der Waals surface area (Å²) < 4.78 is 14.0. The number of anilines is 1. The van der Waals surface area contributed by atoms with Gasteiger partial charge < -0.3 is 16.0 Å². The summed E-state index contributed by atoms with van der Waals surface area (Å²) >= 11 is 1.06. The first kappa shape index (κ1) is 14.5. The van der Waals surface area contributed by atoms with Crippen LogP contribution in [0.2, 0.25) is 0 Å². The van der Waals surface area contributed by atoms with Crippen LogP contribution in [0.5, 0.6) is 0 Å². The Morgan fingerprint density at radius 3 is 3.00 bits per heavy atom. The molecule has 0 atom stereocenters. The van der Waals surface area contributed by atoms with Crippen LogP contribution in [0.4, 0.5) is 10.2 Å². The van der Waals surface area contributed by atoms with Crippen molar-refractivity contribution in [3.05, 3.63) is 46.0 Å². The maximum Gasteiger partial charge on any atom is 0.253 e. The van der Waals surface area contributed by atoms with E-state index < -0.39 is 0 Å². The fourth-order valence-corrected chi connectivity index (χ4v) is 2.60. The van der Waals surface area contributed by atoms with Gasteiger partial charge in [-0.15, -0.1) is 0 Å². The van der Waals surface area contributed by atoms with Gasteiger partial charge in [-0.3, -0.25) is 4.79 Å². The minimum atomic E-state index is -0.357. The molecule has 0 saturated carbocycles. The van der Waals surface area contributed by atoms with Crippen LogP contribution in [0.1, 0.15) is 12.5 Å². The van der Waals surface area contributed by atoms with Gasteiger partial charge in [0.05, 0.1) is 4.90 Å². The minimum absolute atomic E-state index is 0.112. The molecule has 4 N–H and O–H groups in total. The summed E-state index contributed by atoms with van der Waals surface area (Å²) in [6.07, 6.45) is 0. The van der Waals surface area contributed by atoms with E-state index in [-0.39, 0.29) is 22.4 Å². The second-order valence-electron chi connectivity index (χ2n) is 4.09. The highest BCUT2D eigenvalue weighted by Crippen LogP contribution is 2.30. The fraction of sp³-hybridized carbons (Fsp3) is 0.231. The zero-order valence-electron chi connectivity index (χ0n) is 10.9. The molecule has 7 heteroatoms. The van der Waals surface area contributed by atoms with Gasteiger partial charge in [0.15, 0.2) is 5.16 Å². The van der Waals surface area contributed by atoms with Crippen molar-refractivity contribution in [3.63, 3.8) is 0 Å². The van der Waals surface area contributed by atoms with Gasteiger partial charge in [-0.1, -0.05) is 19.1 Å². The van der Waals surface area contributed by atoms with Crippen LogP contribution in [0.15, 0.2) is 39.1 Å². The van der Waals surface area contributed by atoms with Crippen LogP contribution in [0.3, 0.4) is 0 Å². The molecule has 20 heavy (non-hydrogen) atoms. The molecule has 106 valence electrons. The average Bonchev–Trinajstić information content (AvgIpc) is 2.38. The van der Waals surface area contributed by atoms with Gasteiger partial charge in [0.25, 0.3) is 5.56 Å². The van der Waals surface area contributed by atoms with E-state index in [1.165, 1.54) is 12.1 Å². The van der Waals surface area contributed by atoms with Crippen LogP contribution < -0.4 is 16.6 Å². The standard InChI is InChI=1S/C13H15FN4OS/c1-2-16-7-8-4-3-5-9(14)12(8)20-13-17-10(15)6-11(19)18-13/h3-6,16H,2,7H2,1H3,(H3,15,17,18,19). The summed E-state index contributed by atoms with van der Waals surface area (Å²) in [5, 5.41) is 3.42. The maximum atomic E-state index is 14.0. The molecule has 0 saturated heterocycles. The summed E-state index contributed by atoms with van der Waals surface area (Å²) in [4.78, 5) is 18.3. The summed E-state index contributed by atoms with van der Waals surface area (Å²) in [7, 11) is 0. The third kappa shape index (κ3) is 3.58. The number of nitrogens with two attached hydrogens (primary N) is 1. The predicted octanol–water partition coefficient (Wildman–Crippen LogP) is 1.75. The summed E-state index contributed by atoms with van der Waals surface area (Å²) in [5.41, 5.74) is 5.97. The number of nitrogens with one attached hydrogen (secondary N) is 2. The lowest BCUT2D eigenvalue weighted by molar-refractivity contribution is 0.591. The highest BCUT2D eigenvalue weighted by atomic mass is 32.2. The van der Waals surface area contributed by atoms with Crippen LogP contribution in [0, 0.1) is 5.82 Å². The van der Waals surface area contributed by atoms with Crippen molar-refractivity contribution in [2.24, 2.45) is 0 Å². The molecule has 0 radical (unpaired) electrons. The molecule has 5 nitrogen and oxygen atoms in total. The van der Waals surface area contributed by atoms with Gasteiger partial charge in [-0.2, -0.15) is 0 Å². The molecule has 1 aromatic carbocycles. The molecule has 2 rings (SSSR count). The van der Waals surface area contributed by atoms with Crippen molar-refractivity contribution in [1.82, 2.24) is 15.3 Å². The van der Waals surface area contributed by atoms with Gasteiger partial charge >= 0.3 is 0 Å². The second-order valence-corrected chi connectivity index (χ2v) is 5.08. The normalized spacial score (nSPS) is 10.7. The lowest BCUT2D eigenvalue weighted by Gasteiger charge is -2.10. The quantitative estimate of drug-likeness (QED) is 0.732. The Morgan fingerprint density at radius 2 is 2.30 bits per heavy atom. The Hall–Kier alpha value is -1.86. The first-order valence-electron chi connectivity index (χ1n) is 6.13. The average molecular weight is 294 g/mol. The monoisotopic (exact) mass is 294 g/mol. The zero-order chi connectivity index (χ0) is 14.5. The van der Waals surface area contributed by atoms with E-state index in [1.807, 2.05) is 13.0 Å². The van der Waals surface area contributed by atoms with Crippen molar-refractivity contribution >= 4 is 17.6 Å². The molecule has 0 unspecified atom stereocenters. The third-order valence-corrected chi connectivity index (χ3v) is 3.60. The van der Waals surface area contributed by atoms with Gasteiger partial charge in [0.2, 0.25) is 0 Å². The van der Waals surface area contributed by atoms with Crippen LogP contribution in [-0.4, -0.2) is 16.5 Å². The molecular formula is C13H15FN4OS. The van der Waals surface area contributed by atoms with E-state index in [0.29, 0.717) is 11.4 Å². The molecule has 0 aliphatic rings. The first-order chi connectivity index (χ1) is 9.60. The first-order valence-corrected chi connectivity index (χ1v) is 6.94. The number of benzene rings is 1. The number of aromatic amines is 1. The van der Waals surface area contributed by atoms with Crippen molar-refractivity contribution in [2.45, 2.75) is 23.5 Å². The Morgan fingerprint density at radius 1 is 1.50 bits per heavy atom. The molecule has 1 heterocycles. The topological polar surface area (TPSA) is 83.8 Å². The number of hydrogen-bond donors (Lipinski definition) is 3. The highest BCUT2D eigenvalue weighted by Gasteiger charge is 2.11. The van der Waals surface area contributed by atoms with Crippen molar-refractivity contribution in [1.29, 1.82) is 0 Å². The van der Waals surface area contributed by atoms with Crippen molar-refractivity contribution in [3.8, 4) is 0 Å². The van der Waals surface area contributed by atoms with E-state index in [0.717, 1.165) is 23.9 Å². The molecule has 0 fully saturated rings. The maximum absolute atomic E-state index is 14.0. The lowest BCUT2D eigenvalue weighted by atomic mass is 10.2. The highest BCUT2D eigenvalue weighted by molar-refractivity contribution is 7.99. The summed E-state index contributed by atoms with van der Waals surface area (Å²) in [6.45, 7) is 3.31. The fourth-order valence-electron chi connectivity index (χ4n) is 1.66. The van der Waals surface area contributed by atoms with E-state index >= 15 is 0 Å². The van der Waals surface area contributed by atoms with E-state index in [4.69, 9.17) is 5.73 Å². The van der Waals surface area contributed by atoms with Gasteiger partial charge in [-0.05, 0) is 29.9 Å². The van der Waals surface area contributed by atoms with E-state index in [2.05, 4.69) is 15.3 Å². The molecule has 0 bridgehead atoms. The number of nitrogens with zero attached hydrogens (tertiary/aromatic N) is 1. The molecular weight excluding hydrogens is 279 g/mol. The number of aromatic nitrogens is 2. The number of nitrogen functional groups attached to an aromatic ring is 1.